The Labute approximate surface area is 166 Å². The molecule has 0 aliphatic carbocycles. The molecule has 1 aromatic heterocycles. The average molecular weight is 390 g/mol. The number of para-hydroxylation sites is 1. The molecule has 0 saturated heterocycles. The van der Waals surface area contributed by atoms with Gasteiger partial charge in [0.1, 0.15) is 5.75 Å². The summed E-state index contributed by atoms with van der Waals surface area (Å²) in [5.41, 5.74) is 1.62. The number of hydrogen-bond acceptors (Lipinski definition) is 6. The highest BCUT2D eigenvalue weighted by atomic mass is 32.1. The van der Waals surface area contributed by atoms with Crippen molar-refractivity contribution < 1.29 is 9.53 Å². The molecule has 28 heavy (non-hydrogen) atoms. The Kier molecular flexibility index (Phi) is 5.16. The highest BCUT2D eigenvalue weighted by molar-refractivity contribution is 7.19. The van der Waals surface area contributed by atoms with Crippen LogP contribution in [0.3, 0.4) is 0 Å². The molecule has 140 valence electrons. The highest BCUT2D eigenvalue weighted by Gasteiger charge is 2.14. The van der Waals surface area contributed by atoms with E-state index in [1.807, 2.05) is 24.3 Å². The Morgan fingerprint density at radius 3 is 2.61 bits per heavy atom. The number of aromatic nitrogens is 2. The zero-order valence-electron chi connectivity index (χ0n) is 15.2. The topological polar surface area (TPSA) is 76.1 Å². The molecule has 0 fully saturated rings. The van der Waals surface area contributed by atoms with Crippen molar-refractivity contribution >= 4 is 38.3 Å². The summed E-state index contributed by atoms with van der Waals surface area (Å²) in [5.74, 6) is 0.230. The monoisotopic (exact) mass is 390 g/mol. The molecule has 7 heteroatoms. The van der Waals surface area contributed by atoms with Crippen LogP contribution < -0.4 is 15.4 Å². The van der Waals surface area contributed by atoms with Gasteiger partial charge in [0.2, 0.25) is 10.3 Å². The smallest absolute Gasteiger partial charge is 0.261 e. The summed E-state index contributed by atoms with van der Waals surface area (Å²) < 4.78 is 5.23. The Balaban J connectivity index is 1.44. The van der Waals surface area contributed by atoms with E-state index in [0.29, 0.717) is 28.1 Å². The number of carbonyl (C=O) groups excluding carboxylic acids is 1. The molecule has 0 unspecified atom stereocenters. The maximum Gasteiger partial charge on any atom is 0.261 e. The van der Waals surface area contributed by atoms with Crippen LogP contribution in [-0.4, -0.2) is 23.2 Å². The second-order valence-corrected chi connectivity index (χ2v) is 7.04. The van der Waals surface area contributed by atoms with Gasteiger partial charge in [-0.2, -0.15) is 0 Å². The van der Waals surface area contributed by atoms with E-state index in [-0.39, 0.29) is 5.91 Å². The highest BCUT2D eigenvalue weighted by Crippen LogP contribution is 2.25. The molecule has 0 atom stereocenters. The number of carbonyl (C=O) groups is 1. The fourth-order valence-corrected chi connectivity index (χ4v) is 3.59. The molecule has 6 nitrogen and oxygen atoms in total. The first-order chi connectivity index (χ1) is 13.7. The van der Waals surface area contributed by atoms with Gasteiger partial charge in [-0.15, -0.1) is 10.2 Å². The fraction of sp³-hybridized carbons (Fsp3) is 0.0952. The third-order valence-electron chi connectivity index (χ3n) is 4.31. The van der Waals surface area contributed by atoms with E-state index in [2.05, 4.69) is 45.1 Å². The van der Waals surface area contributed by atoms with Crippen molar-refractivity contribution in [2.45, 2.75) is 6.54 Å². The number of ether oxygens (including phenoxy) is 1. The van der Waals surface area contributed by atoms with Crippen molar-refractivity contribution in [1.82, 2.24) is 10.2 Å². The third-order valence-corrected chi connectivity index (χ3v) is 5.10. The fourth-order valence-electron chi connectivity index (χ4n) is 2.96. The molecule has 0 aliphatic rings. The summed E-state index contributed by atoms with van der Waals surface area (Å²) in [5, 5.41) is 17.7. The van der Waals surface area contributed by atoms with E-state index in [1.165, 1.54) is 34.8 Å². The van der Waals surface area contributed by atoms with E-state index in [4.69, 9.17) is 4.74 Å². The van der Waals surface area contributed by atoms with Gasteiger partial charge in [0.15, 0.2) is 0 Å². The first-order valence-corrected chi connectivity index (χ1v) is 9.54. The van der Waals surface area contributed by atoms with Crippen molar-refractivity contribution in [2.24, 2.45) is 0 Å². The number of methoxy groups -OCH3 is 1. The Hall–Kier alpha value is -3.45. The lowest BCUT2D eigenvalue weighted by atomic mass is 10.0. The van der Waals surface area contributed by atoms with Crippen LogP contribution in [0, 0.1) is 0 Å². The SMILES string of the molecule is COc1ccccc1C(=O)Nc1nnc(NCc2cccc3ccccc23)s1. The predicted molar refractivity (Wildman–Crippen MR) is 112 cm³/mol. The number of anilines is 2. The van der Waals surface area contributed by atoms with Crippen LogP contribution in [-0.2, 0) is 6.54 Å². The summed E-state index contributed by atoms with van der Waals surface area (Å²) in [7, 11) is 1.53. The van der Waals surface area contributed by atoms with Crippen LogP contribution in [0.1, 0.15) is 15.9 Å². The minimum absolute atomic E-state index is 0.283. The van der Waals surface area contributed by atoms with Crippen LogP contribution in [0.4, 0.5) is 10.3 Å². The molecule has 0 bridgehead atoms. The van der Waals surface area contributed by atoms with Crippen molar-refractivity contribution in [2.75, 3.05) is 17.7 Å². The number of fused-ring (bicyclic) bond motifs is 1. The molecule has 0 saturated carbocycles. The first-order valence-electron chi connectivity index (χ1n) is 8.73. The number of hydrogen-bond donors (Lipinski definition) is 2. The summed E-state index contributed by atoms with van der Waals surface area (Å²) in [6.45, 7) is 0.621. The molecule has 4 rings (SSSR count). The lowest BCUT2D eigenvalue weighted by molar-refractivity contribution is 0.102. The lowest BCUT2D eigenvalue weighted by Crippen LogP contribution is -2.12. The maximum absolute atomic E-state index is 12.5. The first kappa shape index (κ1) is 17.9. The van der Waals surface area contributed by atoms with Crippen LogP contribution >= 0.6 is 11.3 Å². The summed E-state index contributed by atoms with van der Waals surface area (Å²) >= 11 is 1.29. The molecular formula is C21H18N4O2S. The molecule has 1 amide bonds. The average Bonchev–Trinajstić information content (AvgIpc) is 3.19. The van der Waals surface area contributed by atoms with Crippen LogP contribution in [0.2, 0.25) is 0 Å². The van der Waals surface area contributed by atoms with Gasteiger partial charge in [-0.1, -0.05) is 65.9 Å². The second-order valence-electron chi connectivity index (χ2n) is 6.06. The summed E-state index contributed by atoms with van der Waals surface area (Å²) in [6.07, 6.45) is 0. The number of nitrogens with zero attached hydrogens (tertiary/aromatic N) is 2. The van der Waals surface area contributed by atoms with Gasteiger partial charge in [0.05, 0.1) is 12.7 Å². The van der Waals surface area contributed by atoms with E-state index in [1.54, 1.807) is 18.2 Å². The van der Waals surface area contributed by atoms with Gasteiger partial charge in [-0.25, -0.2) is 0 Å². The molecule has 0 spiro atoms. The Morgan fingerprint density at radius 1 is 0.964 bits per heavy atom. The number of nitrogens with one attached hydrogen (secondary N) is 2. The second kappa shape index (κ2) is 8.06. The maximum atomic E-state index is 12.5. The third kappa shape index (κ3) is 3.79. The van der Waals surface area contributed by atoms with Crippen molar-refractivity contribution in [3.05, 3.63) is 77.9 Å². The van der Waals surface area contributed by atoms with Crippen LogP contribution in [0.5, 0.6) is 5.75 Å². The van der Waals surface area contributed by atoms with Crippen molar-refractivity contribution in [1.29, 1.82) is 0 Å². The lowest BCUT2D eigenvalue weighted by Gasteiger charge is -2.07. The van der Waals surface area contributed by atoms with Gasteiger partial charge < -0.3 is 10.1 Å². The van der Waals surface area contributed by atoms with Gasteiger partial charge in [-0.3, -0.25) is 10.1 Å². The molecule has 2 N–H and O–H groups in total. The molecule has 3 aromatic carbocycles. The quantitative estimate of drug-likeness (QED) is 0.505. The van der Waals surface area contributed by atoms with Crippen LogP contribution in [0.25, 0.3) is 10.8 Å². The van der Waals surface area contributed by atoms with Crippen molar-refractivity contribution in [3.8, 4) is 5.75 Å². The van der Waals surface area contributed by atoms with E-state index < -0.39 is 0 Å². The zero-order chi connectivity index (χ0) is 19.3. The summed E-state index contributed by atoms with van der Waals surface area (Å²) in [6, 6.07) is 21.5. The Morgan fingerprint density at radius 2 is 1.71 bits per heavy atom. The normalized spacial score (nSPS) is 10.6. The number of benzene rings is 3. The van der Waals surface area contributed by atoms with Gasteiger partial charge in [0.25, 0.3) is 5.91 Å². The molecule has 1 heterocycles. The molecular weight excluding hydrogens is 372 g/mol. The predicted octanol–water partition coefficient (Wildman–Crippen LogP) is 4.56. The number of rotatable bonds is 6. The van der Waals surface area contributed by atoms with Crippen LogP contribution in [0.15, 0.2) is 66.7 Å². The van der Waals surface area contributed by atoms with E-state index >= 15 is 0 Å². The standard InChI is InChI=1S/C21H18N4O2S/c1-27-18-12-5-4-11-17(18)19(26)23-21-25-24-20(28-21)22-13-15-9-6-8-14-7-2-3-10-16(14)15/h2-12H,13H2,1H3,(H,22,24)(H,23,25,26). The zero-order valence-corrected chi connectivity index (χ0v) is 16.0. The molecule has 4 aromatic rings. The Bertz CT molecular complexity index is 1120. The van der Waals surface area contributed by atoms with Gasteiger partial charge in [0, 0.05) is 6.54 Å². The van der Waals surface area contributed by atoms with Gasteiger partial charge >= 0.3 is 0 Å². The summed E-state index contributed by atoms with van der Waals surface area (Å²) in [4.78, 5) is 12.5. The largest absolute Gasteiger partial charge is 0.496 e. The minimum atomic E-state index is -0.283. The van der Waals surface area contributed by atoms with Crippen molar-refractivity contribution in [3.63, 3.8) is 0 Å². The van der Waals surface area contributed by atoms with Gasteiger partial charge in [-0.05, 0) is 28.5 Å². The van der Waals surface area contributed by atoms with E-state index in [9.17, 15) is 4.79 Å². The molecule has 0 radical (unpaired) electrons. The minimum Gasteiger partial charge on any atom is -0.496 e. The molecule has 0 aliphatic heterocycles. The number of amides is 1. The van der Waals surface area contributed by atoms with E-state index in [0.717, 1.165) is 0 Å².